The molecule has 0 aliphatic rings. The summed E-state index contributed by atoms with van der Waals surface area (Å²) in [4.78, 5) is 10.4. The predicted octanol–water partition coefficient (Wildman–Crippen LogP) is 4.66. The van der Waals surface area contributed by atoms with Gasteiger partial charge in [0.2, 0.25) is 0 Å². The van der Waals surface area contributed by atoms with Gasteiger partial charge in [-0.3, -0.25) is 10.1 Å². The van der Waals surface area contributed by atoms with Gasteiger partial charge >= 0.3 is 0 Å². The molecule has 21 heavy (non-hydrogen) atoms. The largest absolute Gasteiger partial charge is 0.304 e. The van der Waals surface area contributed by atoms with E-state index in [0.717, 1.165) is 11.1 Å². The maximum absolute atomic E-state index is 10.8. The van der Waals surface area contributed by atoms with Gasteiger partial charge in [-0.05, 0) is 37.1 Å². The lowest BCUT2D eigenvalue weighted by Gasteiger charge is -2.20. The second kappa shape index (κ2) is 6.70. The fraction of sp³-hybridized carbons (Fsp3) is 0.250. The average Bonchev–Trinajstić information content (AvgIpc) is 2.48. The zero-order valence-corrected chi connectivity index (χ0v) is 12.7. The third-order valence-corrected chi connectivity index (χ3v) is 3.70. The molecular formula is C16H17ClN2O2. The van der Waals surface area contributed by atoms with Crippen LogP contribution in [0.1, 0.15) is 37.1 Å². The van der Waals surface area contributed by atoms with Crippen molar-refractivity contribution in [2.45, 2.75) is 25.9 Å². The summed E-state index contributed by atoms with van der Waals surface area (Å²) < 4.78 is 0. The predicted molar refractivity (Wildman–Crippen MR) is 84.5 cm³/mol. The number of halogens is 1. The van der Waals surface area contributed by atoms with Crippen molar-refractivity contribution in [3.63, 3.8) is 0 Å². The van der Waals surface area contributed by atoms with Crippen LogP contribution in [0.2, 0.25) is 5.02 Å². The average molecular weight is 305 g/mol. The van der Waals surface area contributed by atoms with E-state index >= 15 is 0 Å². The van der Waals surface area contributed by atoms with Crippen LogP contribution in [0.4, 0.5) is 5.69 Å². The Bertz CT molecular complexity index is 628. The zero-order chi connectivity index (χ0) is 15.4. The van der Waals surface area contributed by atoms with Gasteiger partial charge in [-0.1, -0.05) is 35.9 Å². The number of nitrogens with one attached hydrogen (secondary N) is 1. The van der Waals surface area contributed by atoms with Gasteiger partial charge in [-0.2, -0.15) is 0 Å². The van der Waals surface area contributed by atoms with E-state index in [2.05, 4.69) is 12.2 Å². The van der Waals surface area contributed by atoms with Gasteiger partial charge in [-0.15, -0.1) is 0 Å². The van der Waals surface area contributed by atoms with E-state index in [1.165, 1.54) is 6.07 Å². The Labute approximate surface area is 128 Å². The van der Waals surface area contributed by atoms with E-state index in [1.807, 2.05) is 37.3 Å². The van der Waals surface area contributed by atoms with Gasteiger partial charge in [0.05, 0.1) is 4.92 Å². The Hall–Kier alpha value is -1.91. The molecule has 2 aromatic carbocycles. The number of rotatable bonds is 5. The molecule has 1 unspecified atom stereocenters. The van der Waals surface area contributed by atoms with E-state index in [4.69, 9.17) is 11.6 Å². The minimum absolute atomic E-state index is 0.00979. The molecule has 0 aromatic heterocycles. The van der Waals surface area contributed by atoms with E-state index in [1.54, 1.807) is 12.1 Å². The first-order valence-electron chi connectivity index (χ1n) is 6.73. The molecule has 0 aliphatic carbocycles. The lowest BCUT2D eigenvalue weighted by molar-refractivity contribution is -0.384. The van der Waals surface area contributed by atoms with Crippen molar-refractivity contribution < 1.29 is 4.92 Å². The number of nitro groups is 1. The van der Waals surface area contributed by atoms with Gasteiger partial charge in [0.25, 0.3) is 5.69 Å². The van der Waals surface area contributed by atoms with Crippen molar-refractivity contribution in [3.8, 4) is 0 Å². The molecule has 0 saturated carbocycles. The Morgan fingerprint density at radius 1 is 1.05 bits per heavy atom. The van der Waals surface area contributed by atoms with E-state index in [9.17, 15) is 10.1 Å². The Kier molecular flexibility index (Phi) is 4.94. The first-order valence-corrected chi connectivity index (χ1v) is 7.11. The van der Waals surface area contributed by atoms with E-state index < -0.39 is 0 Å². The monoisotopic (exact) mass is 304 g/mol. The highest BCUT2D eigenvalue weighted by atomic mass is 35.5. The van der Waals surface area contributed by atoms with Crippen LogP contribution in [-0.4, -0.2) is 4.92 Å². The normalized spacial score (nSPS) is 13.7. The van der Waals surface area contributed by atoms with Gasteiger partial charge in [0.15, 0.2) is 0 Å². The molecule has 0 spiro atoms. The Morgan fingerprint density at radius 3 is 2.29 bits per heavy atom. The van der Waals surface area contributed by atoms with Gasteiger partial charge in [0.1, 0.15) is 0 Å². The smallest absolute Gasteiger partial charge is 0.269 e. The van der Waals surface area contributed by atoms with Crippen molar-refractivity contribution >= 4 is 17.3 Å². The first-order chi connectivity index (χ1) is 9.97. The summed E-state index contributed by atoms with van der Waals surface area (Å²) in [7, 11) is 0. The van der Waals surface area contributed by atoms with Crippen molar-refractivity contribution in [1.82, 2.24) is 5.32 Å². The van der Waals surface area contributed by atoms with Crippen LogP contribution in [0.3, 0.4) is 0 Å². The lowest BCUT2D eigenvalue weighted by Crippen LogP contribution is -2.22. The molecule has 1 N–H and O–H groups in total. The SMILES string of the molecule is CC(N[C@@H](C)c1ccc(Cl)cc1)c1cccc([N+](=O)[O-])c1. The molecule has 4 nitrogen and oxygen atoms in total. The molecule has 0 radical (unpaired) electrons. The highest BCUT2D eigenvalue weighted by molar-refractivity contribution is 6.30. The molecule has 5 heteroatoms. The molecule has 110 valence electrons. The summed E-state index contributed by atoms with van der Waals surface area (Å²) in [6.07, 6.45) is 0. The molecule has 0 bridgehead atoms. The maximum Gasteiger partial charge on any atom is 0.269 e. The number of non-ortho nitro benzene ring substituents is 1. The Morgan fingerprint density at radius 2 is 1.67 bits per heavy atom. The number of nitro benzene ring substituents is 1. The highest BCUT2D eigenvalue weighted by Gasteiger charge is 2.14. The lowest BCUT2D eigenvalue weighted by atomic mass is 10.0. The summed E-state index contributed by atoms with van der Waals surface area (Å²) >= 11 is 5.88. The number of hydrogen-bond donors (Lipinski definition) is 1. The molecule has 0 heterocycles. The van der Waals surface area contributed by atoms with Crippen LogP contribution in [0.25, 0.3) is 0 Å². The number of hydrogen-bond acceptors (Lipinski definition) is 3. The molecular weight excluding hydrogens is 288 g/mol. The highest BCUT2D eigenvalue weighted by Crippen LogP contribution is 2.23. The van der Waals surface area contributed by atoms with Gasteiger partial charge < -0.3 is 5.32 Å². The summed E-state index contributed by atoms with van der Waals surface area (Å²) in [5.41, 5.74) is 2.13. The van der Waals surface area contributed by atoms with Gasteiger partial charge in [-0.25, -0.2) is 0 Å². The van der Waals surface area contributed by atoms with Crippen LogP contribution in [0.5, 0.6) is 0 Å². The molecule has 2 aromatic rings. The quantitative estimate of drug-likeness (QED) is 0.645. The molecule has 0 fully saturated rings. The number of benzene rings is 2. The Balaban J connectivity index is 2.10. The summed E-state index contributed by atoms with van der Waals surface area (Å²) in [6, 6.07) is 14.5. The van der Waals surface area contributed by atoms with Crippen molar-refractivity contribution in [2.24, 2.45) is 0 Å². The van der Waals surface area contributed by atoms with Crippen LogP contribution >= 0.6 is 11.6 Å². The second-order valence-electron chi connectivity index (χ2n) is 5.01. The van der Waals surface area contributed by atoms with Crippen LogP contribution in [0.15, 0.2) is 48.5 Å². The topological polar surface area (TPSA) is 55.2 Å². The standard InChI is InChI=1S/C16H17ClN2O2/c1-11(13-6-8-15(17)9-7-13)18-12(2)14-4-3-5-16(10-14)19(20)21/h3-12,18H,1-2H3/t11-,12?/m0/s1. The van der Waals surface area contributed by atoms with E-state index in [0.29, 0.717) is 5.02 Å². The first kappa shape index (κ1) is 15.5. The second-order valence-corrected chi connectivity index (χ2v) is 5.45. The minimum atomic E-state index is -0.376. The van der Waals surface area contributed by atoms with Crippen LogP contribution in [-0.2, 0) is 0 Å². The van der Waals surface area contributed by atoms with Crippen LogP contribution in [0, 0.1) is 10.1 Å². The minimum Gasteiger partial charge on any atom is -0.304 e. The molecule has 2 atom stereocenters. The van der Waals surface area contributed by atoms with Crippen molar-refractivity contribution in [1.29, 1.82) is 0 Å². The maximum atomic E-state index is 10.8. The van der Waals surface area contributed by atoms with Crippen LogP contribution < -0.4 is 5.32 Å². The molecule has 0 saturated heterocycles. The van der Waals surface area contributed by atoms with Gasteiger partial charge in [0, 0.05) is 29.2 Å². The summed E-state index contributed by atoms with van der Waals surface area (Å²) in [5.74, 6) is 0. The summed E-state index contributed by atoms with van der Waals surface area (Å²) in [6.45, 7) is 4.04. The third kappa shape index (κ3) is 4.03. The molecule has 0 amide bonds. The zero-order valence-electron chi connectivity index (χ0n) is 11.9. The summed E-state index contributed by atoms with van der Waals surface area (Å²) in [5, 5.41) is 15.0. The fourth-order valence-corrected chi connectivity index (χ4v) is 2.35. The third-order valence-electron chi connectivity index (χ3n) is 3.45. The van der Waals surface area contributed by atoms with E-state index in [-0.39, 0.29) is 22.7 Å². The van der Waals surface area contributed by atoms with Crippen molar-refractivity contribution in [2.75, 3.05) is 0 Å². The fourth-order valence-electron chi connectivity index (χ4n) is 2.23. The van der Waals surface area contributed by atoms with Crippen molar-refractivity contribution in [3.05, 3.63) is 74.8 Å². The molecule has 0 aliphatic heterocycles. The number of nitrogens with zero attached hydrogens (tertiary/aromatic N) is 1. The molecule has 2 rings (SSSR count).